The largest absolute Gasteiger partial charge is 0.507 e. The van der Waals surface area contributed by atoms with Gasteiger partial charge < -0.3 is 10.2 Å². The van der Waals surface area contributed by atoms with Crippen molar-refractivity contribution >= 4 is 0 Å². The van der Waals surface area contributed by atoms with Crippen LogP contribution in [-0.2, 0) is 0 Å². The van der Waals surface area contributed by atoms with Crippen LogP contribution < -0.4 is 0 Å². The second-order valence-corrected chi connectivity index (χ2v) is 8.12. The maximum absolute atomic E-state index is 10.1. The predicted octanol–water partition coefficient (Wildman–Crippen LogP) is 6.64. The average Bonchev–Trinajstić information content (AvgIpc) is 2.68. The van der Waals surface area contributed by atoms with E-state index in [-0.39, 0.29) is 11.8 Å². The van der Waals surface area contributed by atoms with E-state index in [9.17, 15) is 10.2 Å². The van der Waals surface area contributed by atoms with Crippen LogP contribution >= 0.6 is 0 Å². The lowest BCUT2D eigenvalue weighted by Gasteiger charge is -2.19. The van der Waals surface area contributed by atoms with Gasteiger partial charge in [0.2, 0.25) is 0 Å². The minimum atomic E-state index is 0.244. The molecule has 146 valence electrons. The van der Waals surface area contributed by atoms with Crippen LogP contribution in [0.2, 0.25) is 0 Å². The Bertz CT molecular complexity index is 892. The first kappa shape index (κ1) is 20.0. The van der Waals surface area contributed by atoms with Crippen molar-refractivity contribution in [2.45, 2.75) is 53.4 Å². The lowest BCUT2D eigenvalue weighted by molar-refractivity contribution is 0.466. The highest BCUT2D eigenvalue weighted by Crippen LogP contribution is 2.34. The normalized spacial score (nSPS) is 13.4. The fourth-order valence-electron chi connectivity index (χ4n) is 3.96. The Morgan fingerprint density at radius 1 is 0.536 bits per heavy atom. The van der Waals surface area contributed by atoms with Crippen LogP contribution in [-0.4, -0.2) is 10.2 Å². The average molecular weight is 375 g/mol. The molecule has 2 unspecified atom stereocenters. The second kappa shape index (κ2) is 7.71. The Morgan fingerprint density at radius 2 is 0.857 bits per heavy atom. The fraction of sp³-hybridized carbons (Fsp3) is 0.308. The third-order valence-electron chi connectivity index (χ3n) is 5.94. The van der Waals surface area contributed by atoms with Crippen molar-refractivity contribution in [3.05, 3.63) is 93.0 Å². The van der Waals surface area contributed by atoms with Crippen LogP contribution in [0.5, 0.6) is 11.5 Å². The maximum atomic E-state index is 10.1. The Morgan fingerprint density at radius 3 is 1.18 bits per heavy atom. The summed E-state index contributed by atoms with van der Waals surface area (Å²) in [5, 5.41) is 20.1. The SMILES string of the molecule is Cc1cc(C(C)c2cccc(C(C)c3cc(C)c(O)c(C)c3)c2)cc(C)c1O. The van der Waals surface area contributed by atoms with E-state index in [0.29, 0.717) is 11.5 Å². The summed E-state index contributed by atoms with van der Waals surface area (Å²) in [4.78, 5) is 0. The van der Waals surface area contributed by atoms with Gasteiger partial charge in [0, 0.05) is 11.8 Å². The minimum Gasteiger partial charge on any atom is -0.507 e. The molecule has 0 radical (unpaired) electrons. The Hall–Kier alpha value is -2.74. The van der Waals surface area contributed by atoms with Crippen molar-refractivity contribution in [3.8, 4) is 11.5 Å². The van der Waals surface area contributed by atoms with Gasteiger partial charge in [-0.2, -0.15) is 0 Å². The highest BCUT2D eigenvalue weighted by molar-refractivity contribution is 5.48. The van der Waals surface area contributed by atoms with Crippen LogP contribution in [0, 0.1) is 27.7 Å². The van der Waals surface area contributed by atoms with E-state index in [2.05, 4.69) is 62.4 Å². The predicted molar refractivity (Wildman–Crippen MR) is 117 cm³/mol. The molecule has 3 aromatic rings. The van der Waals surface area contributed by atoms with Crippen molar-refractivity contribution in [2.24, 2.45) is 0 Å². The molecule has 0 amide bonds. The Labute approximate surface area is 168 Å². The molecule has 0 aliphatic carbocycles. The van der Waals surface area contributed by atoms with E-state index < -0.39 is 0 Å². The molecule has 0 saturated heterocycles. The van der Waals surface area contributed by atoms with Gasteiger partial charge in [-0.25, -0.2) is 0 Å². The summed E-state index contributed by atoms with van der Waals surface area (Å²) in [6.45, 7) is 12.2. The number of rotatable bonds is 4. The van der Waals surface area contributed by atoms with E-state index in [4.69, 9.17) is 0 Å². The molecule has 2 atom stereocenters. The molecule has 0 bridgehead atoms. The summed E-state index contributed by atoms with van der Waals surface area (Å²) in [6.07, 6.45) is 0. The third kappa shape index (κ3) is 3.77. The van der Waals surface area contributed by atoms with Gasteiger partial charge in [-0.1, -0.05) is 62.4 Å². The van der Waals surface area contributed by atoms with Crippen LogP contribution in [0.25, 0.3) is 0 Å². The quantitative estimate of drug-likeness (QED) is 0.538. The van der Waals surface area contributed by atoms with Gasteiger partial charge in [-0.3, -0.25) is 0 Å². The van der Waals surface area contributed by atoms with Crippen molar-refractivity contribution in [1.29, 1.82) is 0 Å². The molecule has 0 fully saturated rings. The molecule has 2 heteroatoms. The molecule has 0 aromatic heterocycles. The van der Waals surface area contributed by atoms with Crippen molar-refractivity contribution in [1.82, 2.24) is 0 Å². The molecule has 0 saturated carbocycles. The molecular weight excluding hydrogens is 344 g/mol. The van der Waals surface area contributed by atoms with Gasteiger partial charge in [0.1, 0.15) is 11.5 Å². The first-order chi connectivity index (χ1) is 13.2. The summed E-state index contributed by atoms with van der Waals surface area (Å²) in [6, 6.07) is 17.1. The number of phenols is 2. The zero-order valence-corrected chi connectivity index (χ0v) is 17.7. The molecule has 3 rings (SSSR count). The van der Waals surface area contributed by atoms with Crippen LogP contribution in [0.4, 0.5) is 0 Å². The molecule has 0 aliphatic rings. The highest BCUT2D eigenvalue weighted by atomic mass is 16.3. The number of hydrogen-bond donors (Lipinski definition) is 2. The number of phenolic OH excluding ortho intramolecular Hbond substituents is 2. The summed E-state index contributed by atoms with van der Waals surface area (Å²) in [5.41, 5.74) is 8.63. The molecule has 3 aromatic carbocycles. The van der Waals surface area contributed by atoms with Crippen molar-refractivity contribution in [3.63, 3.8) is 0 Å². The zero-order chi connectivity index (χ0) is 20.6. The standard InChI is InChI=1S/C26H30O2/c1-15-10-23(11-16(2)25(15)27)19(5)21-8-7-9-22(14-21)20(6)24-12-17(3)26(28)18(4)13-24/h7-14,19-20,27-28H,1-6H3. The lowest BCUT2D eigenvalue weighted by Crippen LogP contribution is -2.02. The summed E-state index contributed by atoms with van der Waals surface area (Å²) < 4.78 is 0. The summed E-state index contributed by atoms with van der Waals surface area (Å²) in [5.74, 6) is 1.26. The monoisotopic (exact) mass is 374 g/mol. The molecule has 2 N–H and O–H groups in total. The van der Waals surface area contributed by atoms with Gasteiger partial charge in [0.15, 0.2) is 0 Å². The zero-order valence-electron chi connectivity index (χ0n) is 17.7. The number of aromatic hydroxyl groups is 2. The molecule has 28 heavy (non-hydrogen) atoms. The number of aryl methyl sites for hydroxylation is 4. The maximum Gasteiger partial charge on any atom is 0.121 e. The first-order valence-electron chi connectivity index (χ1n) is 9.89. The van der Waals surface area contributed by atoms with Gasteiger partial charge in [0.05, 0.1) is 0 Å². The van der Waals surface area contributed by atoms with Gasteiger partial charge in [0.25, 0.3) is 0 Å². The van der Waals surface area contributed by atoms with Gasteiger partial charge >= 0.3 is 0 Å². The smallest absolute Gasteiger partial charge is 0.121 e. The van der Waals surface area contributed by atoms with E-state index in [0.717, 1.165) is 22.3 Å². The highest BCUT2D eigenvalue weighted by Gasteiger charge is 2.16. The molecular formula is C26H30O2. The Balaban J connectivity index is 1.96. The van der Waals surface area contributed by atoms with E-state index in [1.165, 1.54) is 22.3 Å². The van der Waals surface area contributed by atoms with Gasteiger partial charge in [-0.05, 0) is 72.2 Å². The minimum absolute atomic E-state index is 0.244. The fourth-order valence-corrected chi connectivity index (χ4v) is 3.96. The van der Waals surface area contributed by atoms with Crippen molar-refractivity contribution in [2.75, 3.05) is 0 Å². The molecule has 0 heterocycles. The Kier molecular flexibility index (Phi) is 5.51. The first-order valence-corrected chi connectivity index (χ1v) is 9.89. The third-order valence-corrected chi connectivity index (χ3v) is 5.94. The van der Waals surface area contributed by atoms with E-state index in [1.54, 1.807) is 0 Å². The van der Waals surface area contributed by atoms with Gasteiger partial charge in [-0.15, -0.1) is 0 Å². The molecule has 0 spiro atoms. The number of hydrogen-bond acceptors (Lipinski definition) is 2. The van der Waals surface area contributed by atoms with Crippen LogP contribution in [0.15, 0.2) is 48.5 Å². The molecule has 0 aliphatic heterocycles. The molecule has 2 nitrogen and oxygen atoms in total. The summed E-state index contributed by atoms with van der Waals surface area (Å²) in [7, 11) is 0. The van der Waals surface area contributed by atoms with E-state index in [1.807, 2.05) is 27.7 Å². The topological polar surface area (TPSA) is 40.5 Å². The van der Waals surface area contributed by atoms with Crippen LogP contribution in [0.3, 0.4) is 0 Å². The second-order valence-electron chi connectivity index (χ2n) is 8.12. The van der Waals surface area contributed by atoms with Crippen LogP contribution in [0.1, 0.15) is 70.2 Å². The van der Waals surface area contributed by atoms with Crippen molar-refractivity contribution < 1.29 is 10.2 Å². The van der Waals surface area contributed by atoms with E-state index >= 15 is 0 Å². The lowest BCUT2D eigenvalue weighted by atomic mass is 9.86. The summed E-state index contributed by atoms with van der Waals surface area (Å²) >= 11 is 0. The number of benzene rings is 3.